The first-order chi connectivity index (χ1) is 24.7. The maximum absolute atomic E-state index is 11.1. The van der Waals surface area contributed by atoms with Gasteiger partial charge in [-0.3, -0.25) is 0 Å². The summed E-state index contributed by atoms with van der Waals surface area (Å²) in [6.45, 7) is 9.33. The van der Waals surface area contributed by atoms with E-state index in [1.54, 1.807) is 0 Å². The normalized spacial score (nSPS) is 59.0. The largest absolute Gasteiger partial charge is 0.394 e. The summed E-state index contributed by atoms with van der Waals surface area (Å²) in [7, 11) is 0. The summed E-state index contributed by atoms with van der Waals surface area (Å²) in [6, 6.07) is 0. The van der Waals surface area contributed by atoms with Crippen molar-refractivity contribution in [3.05, 3.63) is 0 Å². The van der Waals surface area contributed by atoms with Crippen molar-refractivity contribution >= 4 is 0 Å². The van der Waals surface area contributed by atoms with Crippen molar-refractivity contribution in [2.75, 3.05) is 19.8 Å². The van der Waals surface area contributed by atoms with Crippen LogP contribution in [0, 0.1) is 52.3 Å². The molecule has 0 bridgehead atoms. The minimum atomic E-state index is -1.71. The van der Waals surface area contributed by atoms with E-state index in [9.17, 15) is 35.7 Å². The number of hydrogen-bond donors (Lipinski definition) is 7. The molecule has 0 aromatic heterocycles. The standard InChI is InChI=1S/C39H64O13/c1-18-7-12-39(47-17-18)19(2)28-25(52-39)14-24-22-6-5-20-13-21(8-10-37(20,3)23(22)9-11-38(24,28)4)48-36-34(32(45)30(43)27(16-41)50-36)51-35-33(46)31(44)29(42)26(15-40)49-35/h18-36,40-46H,5-17H2,1-4H3/t18?,19-,20-,21?,22?,23?,24+,25?,26+,27+,28?,29+,30-,31-,32-,33+,34?,35-,36+,37?,38?,39?/m0/s1. The molecule has 4 saturated heterocycles. The van der Waals surface area contributed by atoms with E-state index in [0.717, 1.165) is 45.1 Å². The van der Waals surface area contributed by atoms with Crippen molar-refractivity contribution in [3.63, 3.8) is 0 Å². The molecule has 10 unspecified atom stereocenters. The average molecular weight is 741 g/mol. The minimum Gasteiger partial charge on any atom is -0.394 e. The summed E-state index contributed by atoms with van der Waals surface area (Å²) < 4.78 is 37.5. The molecule has 8 rings (SSSR count). The number of aliphatic hydroxyl groups is 7. The first-order valence-corrected chi connectivity index (χ1v) is 20.3. The molecule has 13 heteroatoms. The van der Waals surface area contributed by atoms with E-state index in [1.807, 2.05) is 0 Å². The molecule has 0 aromatic carbocycles. The number of fused-ring (bicyclic) bond motifs is 7. The van der Waals surface area contributed by atoms with Gasteiger partial charge in [0, 0.05) is 12.3 Å². The third kappa shape index (κ3) is 5.98. The maximum Gasteiger partial charge on any atom is 0.187 e. The summed E-state index contributed by atoms with van der Waals surface area (Å²) in [5, 5.41) is 72.7. The molecule has 13 nitrogen and oxygen atoms in total. The molecule has 298 valence electrons. The summed E-state index contributed by atoms with van der Waals surface area (Å²) >= 11 is 0. The van der Waals surface area contributed by atoms with Gasteiger partial charge in [0.05, 0.1) is 32.0 Å². The van der Waals surface area contributed by atoms with Gasteiger partial charge in [-0.15, -0.1) is 0 Å². The molecule has 8 aliphatic rings. The lowest BCUT2D eigenvalue weighted by Crippen LogP contribution is -2.65. The van der Waals surface area contributed by atoms with E-state index in [1.165, 1.54) is 25.7 Å². The van der Waals surface area contributed by atoms with Gasteiger partial charge in [-0.25, -0.2) is 0 Å². The van der Waals surface area contributed by atoms with Gasteiger partial charge >= 0.3 is 0 Å². The number of hydrogen-bond acceptors (Lipinski definition) is 13. The van der Waals surface area contributed by atoms with Crippen LogP contribution in [0.2, 0.25) is 0 Å². The molecule has 4 heterocycles. The first kappa shape index (κ1) is 38.4. The van der Waals surface area contributed by atoms with Gasteiger partial charge in [-0.2, -0.15) is 0 Å². The van der Waals surface area contributed by atoms with Crippen molar-refractivity contribution in [3.8, 4) is 0 Å². The van der Waals surface area contributed by atoms with E-state index in [0.29, 0.717) is 41.4 Å². The second-order valence-electron chi connectivity index (χ2n) is 18.7. The highest BCUT2D eigenvalue weighted by Crippen LogP contribution is 2.71. The molecule has 4 saturated carbocycles. The van der Waals surface area contributed by atoms with E-state index in [4.69, 9.17) is 28.4 Å². The highest BCUT2D eigenvalue weighted by Gasteiger charge is 2.69. The summed E-state index contributed by atoms with van der Waals surface area (Å²) in [5.74, 6) is 3.51. The van der Waals surface area contributed by atoms with E-state index in [2.05, 4.69) is 27.7 Å². The Bertz CT molecular complexity index is 1260. The van der Waals surface area contributed by atoms with Crippen molar-refractivity contribution < 1.29 is 64.2 Å². The third-order valence-corrected chi connectivity index (χ3v) is 16.2. The molecular formula is C39H64O13. The smallest absolute Gasteiger partial charge is 0.187 e. The molecule has 1 spiro atoms. The fraction of sp³-hybridized carbons (Fsp3) is 1.00. The fourth-order valence-corrected chi connectivity index (χ4v) is 13.2. The second kappa shape index (κ2) is 14.1. The van der Waals surface area contributed by atoms with Crippen LogP contribution >= 0.6 is 0 Å². The minimum absolute atomic E-state index is 0.168. The van der Waals surface area contributed by atoms with Crippen LogP contribution in [0.4, 0.5) is 0 Å². The lowest BCUT2D eigenvalue weighted by atomic mass is 9.44. The SMILES string of the molecule is CC1CCC2(OC1)OC1C[C@@H]3C4CC[C@H]5CC(O[C@@H]6O[C@H](CO)[C@H](O)[C@H](O)C6O[C@@H]6O[C@H](CO)[C@@H](O)[C@H](O)[C@H]6O)CCC5(C)C4CCC3(C)C1[C@@H]2C. The van der Waals surface area contributed by atoms with Gasteiger partial charge in [-0.1, -0.05) is 27.7 Å². The fourth-order valence-electron chi connectivity index (χ4n) is 13.2. The number of rotatable bonds is 6. The summed E-state index contributed by atoms with van der Waals surface area (Å²) in [6.07, 6.45) is -3.88. The third-order valence-electron chi connectivity index (χ3n) is 16.2. The van der Waals surface area contributed by atoms with Crippen molar-refractivity contribution in [2.24, 2.45) is 52.3 Å². The quantitative estimate of drug-likeness (QED) is 0.194. The van der Waals surface area contributed by atoms with Gasteiger partial charge < -0.3 is 64.2 Å². The van der Waals surface area contributed by atoms with Crippen molar-refractivity contribution in [2.45, 2.75) is 171 Å². The Morgan fingerprint density at radius 1 is 0.673 bits per heavy atom. The van der Waals surface area contributed by atoms with Crippen LogP contribution in [-0.4, -0.2) is 135 Å². The van der Waals surface area contributed by atoms with Gasteiger partial charge in [0.25, 0.3) is 0 Å². The molecule has 22 atom stereocenters. The zero-order chi connectivity index (χ0) is 36.9. The zero-order valence-corrected chi connectivity index (χ0v) is 31.2. The van der Waals surface area contributed by atoms with E-state index >= 15 is 0 Å². The Kier molecular flexibility index (Phi) is 10.4. The van der Waals surface area contributed by atoms with Crippen LogP contribution in [0.15, 0.2) is 0 Å². The predicted molar refractivity (Wildman–Crippen MR) is 183 cm³/mol. The van der Waals surface area contributed by atoms with Crippen molar-refractivity contribution in [1.82, 2.24) is 0 Å². The van der Waals surface area contributed by atoms with Crippen LogP contribution in [0.5, 0.6) is 0 Å². The van der Waals surface area contributed by atoms with Crippen LogP contribution in [0.1, 0.15) is 91.9 Å². The Morgan fingerprint density at radius 3 is 2.06 bits per heavy atom. The molecular weight excluding hydrogens is 676 g/mol. The predicted octanol–water partition coefficient (Wildman–Crippen LogP) is 1.44. The second-order valence-corrected chi connectivity index (χ2v) is 18.7. The Balaban J connectivity index is 0.942. The van der Waals surface area contributed by atoms with E-state index < -0.39 is 80.4 Å². The van der Waals surface area contributed by atoms with Crippen LogP contribution in [0.3, 0.4) is 0 Å². The molecule has 8 fully saturated rings. The van der Waals surface area contributed by atoms with Crippen LogP contribution in [-0.2, 0) is 28.4 Å². The lowest BCUT2D eigenvalue weighted by molar-refractivity contribution is -0.373. The maximum atomic E-state index is 11.1. The van der Waals surface area contributed by atoms with Gasteiger partial charge in [0.2, 0.25) is 0 Å². The Hall–Kier alpha value is -0.520. The average Bonchev–Trinajstić information content (AvgIpc) is 3.58. The number of ether oxygens (including phenoxy) is 6. The highest BCUT2D eigenvalue weighted by molar-refractivity contribution is 5.15. The molecule has 0 radical (unpaired) electrons. The van der Waals surface area contributed by atoms with Crippen LogP contribution in [0.25, 0.3) is 0 Å². The molecule has 0 aromatic rings. The first-order valence-electron chi connectivity index (χ1n) is 20.3. The lowest BCUT2D eigenvalue weighted by Gasteiger charge is -2.61. The summed E-state index contributed by atoms with van der Waals surface area (Å²) in [5.41, 5.74) is 0.425. The topological polar surface area (TPSA) is 197 Å². The number of aliphatic hydroxyl groups excluding tert-OH is 7. The molecule has 52 heavy (non-hydrogen) atoms. The van der Waals surface area contributed by atoms with Gasteiger partial charge in [0.1, 0.15) is 48.8 Å². The Morgan fingerprint density at radius 2 is 1.37 bits per heavy atom. The molecule has 0 amide bonds. The van der Waals surface area contributed by atoms with Gasteiger partial charge in [-0.05, 0) is 104 Å². The summed E-state index contributed by atoms with van der Waals surface area (Å²) in [4.78, 5) is 0. The molecule has 7 N–H and O–H groups in total. The highest BCUT2D eigenvalue weighted by atomic mass is 16.8. The zero-order valence-electron chi connectivity index (χ0n) is 31.2. The Labute approximate surface area is 307 Å². The van der Waals surface area contributed by atoms with E-state index in [-0.39, 0.29) is 23.0 Å². The molecule has 4 aliphatic carbocycles. The van der Waals surface area contributed by atoms with Crippen molar-refractivity contribution in [1.29, 1.82) is 0 Å². The molecule has 4 aliphatic heterocycles. The van der Waals surface area contributed by atoms with Gasteiger partial charge in [0.15, 0.2) is 18.4 Å². The van der Waals surface area contributed by atoms with Crippen LogP contribution < -0.4 is 0 Å². The monoisotopic (exact) mass is 740 g/mol.